The van der Waals surface area contributed by atoms with Crippen LogP contribution in [0.15, 0.2) is 53.2 Å². The average Bonchev–Trinajstić information content (AvgIpc) is 3.28. The maximum absolute atomic E-state index is 12.9. The van der Waals surface area contributed by atoms with E-state index in [1.165, 1.54) is 16.2 Å². The second-order valence-electron chi connectivity index (χ2n) is 5.56. The fourth-order valence-corrected chi connectivity index (χ4v) is 3.51. The van der Waals surface area contributed by atoms with Crippen LogP contribution in [0.3, 0.4) is 0 Å². The van der Waals surface area contributed by atoms with Crippen molar-refractivity contribution in [3.8, 4) is 0 Å². The van der Waals surface area contributed by atoms with E-state index >= 15 is 0 Å². The van der Waals surface area contributed by atoms with E-state index in [-0.39, 0.29) is 37.7 Å². The van der Waals surface area contributed by atoms with Crippen LogP contribution in [0.4, 0.5) is 0 Å². The van der Waals surface area contributed by atoms with Gasteiger partial charge in [-0.1, -0.05) is 12.1 Å². The Balaban J connectivity index is 1.95. The van der Waals surface area contributed by atoms with Gasteiger partial charge in [0.25, 0.3) is 5.91 Å². The molecule has 0 aliphatic carbocycles. The molecule has 7 nitrogen and oxygen atoms in total. The first kappa shape index (κ1) is 18.2. The average molecular weight is 374 g/mol. The van der Waals surface area contributed by atoms with Crippen molar-refractivity contribution < 1.29 is 24.5 Å². The molecule has 0 radical (unpaired) electrons. The van der Waals surface area contributed by atoms with Gasteiger partial charge in [-0.2, -0.15) is 0 Å². The van der Waals surface area contributed by atoms with Crippen LogP contribution in [0, 0.1) is 0 Å². The quantitative estimate of drug-likeness (QED) is 0.539. The smallest absolute Gasteiger partial charge is 0.290 e. The molecule has 26 heavy (non-hydrogen) atoms. The van der Waals surface area contributed by atoms with Gasteiger partial charge in [0.1, 0.15) is 6.04 Å². The number of thiophene rings is 1. The third-order valence-corrected chi connectivity index (χ3v) is 4.84. The summed E-state index contributed by atoms with van der Waals surface area (Å²) in [5.74, 6) is -1.57. The fraction of sp³-hybridized carbons (Fsp3) is 0.278. The molecule has 1 atom stereocenters. The molecule has 2 aromatic rings. The highest BCUT2D eigenvalue weighted by Crippen LogP contribution is 2.38. The van der Waals surface area contributed by atoms with Crippen molar-refractivity contribution in [2.24, 2.45) is 0 Å². The SMILES string of the molecule is O=C(C1=C(O)C(=O)N(CCOCCO)[C@H]1c1ccccn1)c1cccs1. The van der Waals surface area contributed by atoms with Crippen molar-refractivity contribution in [2.75, 3.05) is 26.4 Å². The predicted molar refractivity (Wildman–Crippen MR) is 94.9 cm³/mol. The third kappa shape index (κ3) is 3.52. The fourth-order valence-electron chi connectivity index (χ4n) is 2.83. The largest absolute Gasteiger partial charge is 0.503 e. The summed E-state index contributed by atoms with van der Waals surface area (Å²) in [7, 11) is 0. The summed E-state index contributed by atoms with van der Waals surface area (Å²) in [5.41, 5.74) is 0.519. The van der Waals surface area contributed by atoms with Crippen LogP contribution < -0.4 is 0 Å². The van der Waals surface area contributed by atoms with Crippen LogP contribution in [0.1, 0.15) is 21.4 Å². The zero-order valence-corrected chi connectivity index (χ0v) is 14.7. The van der Waals surface area contributed by atoms with E-state index in [1.54, 1.807) is 41.9 Å². The van der Waals surface area contributed by atoms with Crippen LogP contribution in [-0.2, 0) is 9.53 Å². The molecule has 0 aromatic carbocycles. The van der Waals surface area contributed by atoms with E-state index in [2.05, 4.69) is 4.98 Å². The van der Waals surface area contributed by atoms with Crippen molar-refractivity contribution in [1.29, 1.82) is 0 Å². The molecule has 1 aliphatic rings. The van der Waals surface area contributed by atoms with Gasteiger partial charge in [0.15, 0.2) is 5.76 Å². The van der Waals surface area contributed by atoms with Gasteiger partial charge < -0.3 is 19.8 Å². The number of carbonyl (C=O) groups is 2. The van der Waals surface area contributed by atoms with Crippen molar-refractivity contribution in [2.45, 2.75) is 6.04 Å². The molecule has 0 bridgehead atoms. The van der Waals surface area contributed by atoms with Crippen LogP contribution in [0.5, 0.6) is 0 Å². The summed E-state index contributed by atoms with van der Waals surface area (Å²) >= 11 is 1.25. The van der Waals surface area contributed by atoms with Gasteiger partial charge in [0.05, 0.1) is 36.0 Å². The molecule has 0 unspecified atom stereocenters. The number of Topliss-reactive ketones (excluding diaryl/α,β-unsaturated/α-hetero) is 1. The monoisotopic (exact) mass is 374 g/mol. The standard InChI is InChI=1S/C18H18N2O5S/c21-8-10-25-9-7-20-15(12-4-1-2-6-19-12)14(17(23)18(20)24)16(22)13-5-3-11-26-13/h1-6,11,15,21,23H,7-10H2/t15-/m0/s1. The number of rotatable bonds is 8. The van der Waals surface area contributed by atoms with E-state index in [0.717, 1.165) is 0 Å². The van der Waals surface area contributed by atoms with Crippen LogP contribution in [0.2, 0.25) is 0 Å². The number of pyridine rings is 1. The Morgan fingerprint density at radius 2 is 2.12 bits per heavy atom. The van der Waals surface area contributed by atoms with Crippen molar-refractivity contribution in [3.05, 3.63) is 63.8 Å². The Labute approximate surface area is 154 Å². The van der Waals surface area contributed by atoms with E-state index in [1.807, 2.05) is 0 Å². The zero-order chi connectivity index (χ0) is 18.5. The number of hydrogen-bond acceptors (Lipinski definition) is 7. The van der Waals surface area contributed by atoms with Crippen LogP contribution in [0.25, 0.3) is 0 Å². The number of nitrogens with zero attached hydrogens (tertiary/aromatic N) is 2. The number of amides is 1. The lowest BCUT2D eigenvalue weighted by atomic mass is 9.99. The highest BCUT2D eigenvalue weighted by atomic mass is 32.1. The molecule has 0 saturated heterocycles. The molecule has 0 saturated carbocycles. The number of aromatic nitrogens is 1. The summed E-state index contributed by atoms with van der Waals surface area (Å²) in [4.78, 5) is 31.5. The van der Waals surface area contributed by atoms with Gasteiger partial charge in [0, 0.05) is 12.7 Å². The van der Waals surface area contributed by atoms with Gasteiger partial charge in [-0.15, -0.1) is 11.3 Å². The maximum atomic E-state index is 12.9. The van der Waals surface area contributed by atoms with Crippen LogP contribution in [-0.4, -0.2) is 58.2 Å². The molecular weight excluding hydrogens is 356 g/mol. The van der Waals surface area contributed by atoms with Gasteiger partial charge in [0.2, 0.25) is 5.78 Å². The van der Waals surface area contributed by atoms with Gasteiger partial charge >= 0.3 is 0 Å². The van der Waals surface area contributed by atoms with Gasteiger partial charge in [-0.05, 0) is 23.6 Å². The van der Waals surface area contributed by atoms with E-state index in [9.17, 15) is 14.7 Å². The number of hydrogen-bond donors (Lipinski definition) is 2. The molecule has 8 heteroatoms. The number of carbonyl (C=O) groups excluding carboxylic acids is 2. The minimum Gasteiger partial charge on any atom is -0.503 e. The summed E-state index contributed by atoms with van der Waals surface area (Å²) in [6, 6.07) is 7.81. The predicted octanol–water partition coefficient (Wildman–Crippen LogP) is 1.73. The molecule has 3 heterocycles. The normalized spacial score (nSPS) is 17.2. The molecule has 2 N–H and O–H groups in total. The number of ether oxygens (including phenoxy) is 1. The number of aliphatic hydroxyl groups is 2. The van der Waals surface area contributed by atoms with Crippen molar-refractivity contribution >= 4 is 23.0 Å². The van der Waals surface area contributed by atoms with Crippen molar-refractivity contribution in [1.82, 2.24) is 9.88 Å². The summed E-state index contributed by atoms with van der Waals surface area (Å²) in [5, 5.41) is 21.0. The topological polar surface area (TPSA) is 100.0 Å². The highest BCUT2D eigenvalue weighted by molar-refractivity contribution is 7.12. The molecule has 2 aromatic heterocycles. The van der Waals surface area contributed by atoms with E-state index in [0.29, 0.717) is 10.6 Å². The lowest BCUT2D eigenvalue weighted by Gasteiger charge is -2.25. The van der Waals surface area contributed by atoms with Gasteiger partial charge in [-0.25, -0.2) is 0 Å². The van der Waals surface area contributed by atoms with Crippen LogP contribution >= 0.6 is 11.3 Å². The highest BCUT2D eigenvalue weighted by Gasteiger charge is 2.44. The molecular formula is C18H18N2O5S. The lowest BCUT2D eigenvalue weighted by molar-refractivity contribution is -0.130. The summed E-state index contributed by atoms with van der Waals surface area (Å²) < 4.78 is 5.23. The van der Waals surface area contributed by atoms with Crippen molar-refractivity contribution in [3.63, 3.8) is 0 Å². The maximum Gasteiger partial charge on any atom is 0.290 e. The molecule has 0 fully saturated rings. The van der Waals surface area contributed by atoms with E-state index in [4.69, 9.17) is 9.84 Å². The summed E-state index contributed by atoms with van der Waals surface area (Å²) in [6.45, 7) is 0.356. The molecule has 0 spiro atoms. The Bertz CT molecular complexity index is 804. The lowest BCUT2D eigenvalue weighted by Crippen LogP contribution is -2.34. The van der Waals surface area contributed by atoms with Gasteiger partial charge in [-0.3, -0.25) is 14.6 Å². The minimum absolute atomic E-state index is 0.0262. The molecule has 3 rings (SSSR count). The molecule has 1 amide bonds. The Morgan fingerprint density at radius 1 is 1.27 bits per heavy atom. The summed E-state index contributed by atoms with van der Waals surface area (Å²) in [6.07, 6.45) is 1.57. The first-order valence-electron chi connectivity index (χ1n) is 8.07. The Kier molecular flexibility index (Phi) is 5.77. The number of aliphatic hydroxyl groups excluding tert-OH is 2. The Morgan fingerprint density at radius 3 is 2.77 bits per heavy atom. The Hall–Kier alpha value is -2.55. The molecule has 136 valence electrons. The van der Waals surface area contributed by atoms with E-state index < -0.39 is 17.7 Å². The molecule has 1 aliphatic heterocycles. The first-order valence-corrected chi connectivity index (χ1v) is 8.95. The third-order valence-electron chi connectivity index (χ3n) is 3.97. The first-order chi connectivity index (χ1) is 12.6. The number of ketones is 1. The zero-order valence-electron chi connectivity index (χ0n) is 13.9. The second kappa shape index (κ2) is 8.22. The second-order valence-corrected chi connectivity index (χ2v) is 6.51. The minimum atomic E-state index is -0.781.